The first kappa shape index (κ1) is 41.8. The fourth-order valence-electron chi connectivity index (χ4n) is 5.69. The van der Waals surface area contributed by atoms with Gasteiger partial charge in [-0.25, -0.2) is 4.79 Å². The van der Waals surface area contributed by atoms with Crippen molar-refractivity contribution in [2.24, 2.45) is 7.05 Å². The highest BCUT2D eigenvalue weighted by atomic mass is 35.5. The van der Waals surface area contributed by atoms with Crippen LogP contribution in [-0.4, -0.2) is 105 Å². The molecule has 1 atom stereocenters. The number of H-pyrrole nitrogens is 1. The predicted molar refractivity (Wildman–Crippen MR) is 202 cm³/mol. The first-order chi connectivity index (χ1) is 25.3. The van der Waals surface area contributed by atoms with Crippen LogP contribution in [-0.2, 0) is 35.5 Å². The maximum atomic E-state index is 13.1. The molecule has 0 radical (unpaired) electrons. The van der Waals surface area contributed by atoms with Gasteiger partial charge in [0, 0.05) is 42.1 Å². The van der Waals surface area contributed by atoms with Crippen molar-refractivity contribution in [1.29, 1.82) is 5.26 Å². The second-order valence-electron chi connectivity index (χ2n) is 14.0. The van der Waals surface area contributed by atoms with Crippen LogP contribution in [0.4, 0.5) is 10.5 Å². The summed E-state index contributed by atoms with van der Waals surface area (Å²) in [7, 11) is 3.21. The number of aromatic nitrogens is 2. The lowest BCUT2D eigenvalue weighted by Crippen LogP contribution is -2.36. The molecule has 0 bridgehead atoms. The number of ether oxygens (including phenoxy) is 6. The van der Waals surface area contributed by atoms with E-state index < -0.39 is 11.6 Å². The molecule has 1 aliphatic rings. The number of hydrogen-bond donors (Lipinski definition) is 2. The van der Waals surface area contributed by atoms with E-state index in [4.69, 9.17) is 45.3 Å². The van der Waals surface area contributed by atoms with Gasteiger partial charge >= 0.3 is 6.09 Å². The van der Waals surface area contributed by atoms with E-state index in [0.29, 0.717) is 87.8 Å². The summed E-state index contributed by atoms with van der Waals surface area (Å²) in [6, 6.07) is 10.2. The van der Waals surface area contributed by atoms with Crippen molar-refractivity contribution in [2.45, 2.75) is 64.2 Å². The van der Waals surface area contributed by atoms with Gasteiger partial charge in [-0.05, 0) is 82.3 Å². The van der Waals surface area contributed by atoms with Gasteiger partial charge < -0.3 is 48.2 Å². The van der Waals surface area contributed by atoms with E-state index in [1.807, 2.05) is 39.0 Å². The number of nitrogens with zero attached hydrogens (tertiary/aromatic N) is 3. The van der Waals surface area contributed by atoms with Crippen molar-refractivity contribution in [3.63, 3.8) is 0 Å². The van der Waals surface area contributed by atoms with Gasteiger partial charge in [-0.2, -0.15) is 5.26 Å². The van der Waals surface area contributed by atoms with Crippen LogP contribution in [0.2, 0.25) is 5.02 Å². The standard InChI is InChI=1S/C38H52ClN5O9/c1-25(41-33-8-7-28(24-40)44(6)36(33)46)30-21-27-22-32(39)31(23-34(27)42-35(30)45)26-19-29(20-26)52-18-17-51-16-15-50-14-13-49-12-11-48-10-9-43(5)37(47)53-38(2,3)4/h7-8,21-23,25-26,29,41H,9-20H2,1-6H3,(H,42,45)/t25-,26?,29?/m1/s1. The van der Waals surface area contributed by atoms with Crippen LogP contribution in [0.15, 0.2) is 39.9 Å². The monoisotopic (exact) mass is 757 g/mol. The van der Waals surface area contributed by atoms with Crippen LogP contribution in [0.3, 0.4) is 0 Å². The van der Waals surface area contributed by atoms with E-state index in [1.165, 1.54) is 16.5 Å². The van der Waals surface area contributed by atoms with Gasteiger partial charge in [-0.1, -0.05) is 11.6 Å². The molecule has 290 valence electrons. The second kappa shape index (κ2) is 19.9. The van der Waals surface area contributed by atoms with Gasteiger partial charge in [0.2, 0.25) is 0 Å². The van der Waals surface area contributed by atoms with E-state index in [2.05, 4.69) is 10.3 Å². The zero-order chi connectivity index (χ0) is 38.5. The summed E-state index contributed by atoms with van der Waals surface area (Å²) >= 11 is 6.72. The van der Waals surface area contributed by atoms with Gasteiger partial charge in [0.25, 0.3) is 11.1 Å². The Morgan fingerprint density at radius 3 is 2.21 bits per heavy atom. The second-order valence-corrected chi connectivity index (χ2v) is 14.4. The molecule has 0 unspecified atom stereocenters. The lowest BCUT2D eigenvalue weighted by molar-refractivity contribution is -0.0474. The number of halogens is 1. The number of aromatic amines is 1. The van der Waals surface area contributed by atoms with E-state index in [9.17, 15) is 14.4 Å². The number of likely N-dealkylation sites (N-methyl/N-ethyl adjacent to an activating group) is 1. The first-order valence-corrected chi connectivity index (χ1v) is 18.2. The Balaban J connectivity index is 1.06. The zero-order valence-corrected chi connectivity index (χ0v) is 32.3. The summed E-state index contributed by atoms with van der Waals surface area (Å²) in [5.41, 5.74) is 1.54. The van der Waals surface area contributed by atoms with E-state index in [0.717, 1.165) is 23.8 Å². The summed E-state index contributed by atoms with van der Waals surface area (Å²) in [5.74, 6) is 0.224. The van der Waals surface area contributed by atoms with Gasteiger partial charge in [0.05, 0.1) is 71.6 Å². The van der Waals surface area contributed by atoms with Gasteiger partial charge in [-0.15, -0.1) is 0 Å². The Morgan fingerprint density at radius 1 is 1.00 bits per heavy atom. The van der Waals surface area contributed by atoms with Crippen molar-refractivity contribution in [3.05, 3.63) is 72.9 Å². The Bertz CT molecular complexity index is 1830. The average molecular weight is 758 g/mol. The molecule has 2 aromatic heterocycles. The molecular formula is C38H52ClN5O9. The quantitative estimate of drug-likeness (QED) is 0.147. The van der Waals surface area contributed by atoms with Crippen molar-refractivity contribution in [2.75, 3.05) is 78.4 Å². The van der Waals surface area contributed by atoms with Crippen LogP contribution < -0.4 is 16.4 Å². The molecule has 1 fully saturated rings. The Labute approximate surface area is 315 Å². The summed E-state index contributed by atoms with van der Waals surface area (Å²) < 4.78 is 34.7. The maximum absolute atomic E-state index is 13.1. The van der Waals surface area contributed by atoms with E-state index >= 15 is 0 Å². The lowest BCUT2D eigenvalue weighted by Gasteiger charge is -2.36. The highest BCUT2D eigenvalue weighted by molar-refractivity contribution is 6.32. The molecule has 0 aliphatic heterocycles. The number of amides is 1. The molecule has 1 aliphatic carbocycles. The molecule has 1 amide bonds. The van der Waals surface area contributed by atoms with Crippen molar-refractivity contribution < 1.29 is 33.2 Å². The summed E-state index contributed by atoms with van der Waals surface area (Å²) in [6.07, 6.45) is 1.39. The third-order valence-electron chi connectivity index (χ3n) is 8.76. The molecule has 2 heterocycles. The Kier molecular flexibility index (Phi) is 15.7. The van der Waals surface area contributed by atoms with Crippen LogP contribution in [0, 0.1) is 11.3 Å². The topological polar surface area (TPSA) is 166 Å². The van der Waals surface area contributed by atoms with Gasteiger partial charge in [-0.3, -0.25) is 9.59 Å². The molecule has 3 aromatic rings. The fourth-order valence-corrected chi connectivity index (χ4v) is 6.01. The van der Waals surface area contributed by atoms with Crippen molar-refractivity contribution in [1.82, 2.24) is 14.5 Å². The van der Waals surface area contributed by atoms with Crippen LogP contribution >= 0.6 is 11.6 Å². The van der Waals surface area contributed by atoms with Crippen LogP contribution in [0.25, 0.3) is 10.9 Å². The van der Waals surface area contributed by atoms with Gasteiger partial charge in [0.15, 0.2) is 0 Å². The minimum absolute atomic E-state index is 0.113. The number of nitriles is 1. The third-order valence-corrected chi connectivity index (χ3v) is 9.08. The molecule has 1 aromatic carbocycles. The molecule has 0 saturated heterocycles. The maximum Gasteiger partial charge on any atom is 0.410 e. The number of fused-ring (bicyclic) bond motifs is 1. The van der Waals surface area contributed by atoms with E-state index in [1.54, 1.807) is 32.2 Å². The number of carbonyl (C=O) groups is 1. The molecular weight excluding hydrogens is 706 g/mol. The normalized spacial score (nSPS) is 16.2. The number of rotatable bonds is 20. The fraction of sp³-hybridized carbons (Fsp3) is 0.579. The summed E-state index contributed by atoms with van der Waals surface area (Å²) in [6.45, 7) is 11.8. The molecule has 53 heavy (non-hydrogen) atoms. The minimum Gasteiger partial charge on any atom is -0.444 e. The highest BCUT2D eigenvalue weighted by Crippen LogP contribution is 2.42. The average Bonchev–Trinajstić information content (AvgIpc) is 3.08. The summed E-state index contributed by atoms with van der Waals surface area (Å²) in [4.78, 5) is 42.1. The molecule has 15 heteroatoms. The molecule has 4 rings (SSSR count). The number of benzene rings is 1. The number of carbonyl (C=O) groups excluding carboxylic acids is 1. The summed E-state index contributed by atoms with van der Waals surface area (Å²) in [5, 5.41) is 13.7. The number of nitrogens with one attached hydrogen (secondary N) is 2. The number of anilines is 1. The molecule has 1 saturated carbocycles. The zero-order valence-electron chi connectivity index (χ0n) is 31.5. The van der Waals surface area contributed by atoms with Gasteiger partial charge in [0.1, 0.15) is 23.1 Å². The molecule has 14 nitrogen and oxygen atoms in total. The predicted octanol–water partition coefficient (Wildman–Crippen LogP) is 5.12. The van der Waals surface area contributed by atoms with Crippen LogP contribution in [0.5, 0.6) is 0 Å². The number of hydrogen-bond acceptors (Lipinski definition) is 11. The first-order valence-electron chi connectivity index (χ1n) is 17.9. The van der Waals surface area contributed by atoms with Crippen molar-refractivity contribution >= 4 is 34.3 Å². The largest absolute Gasteiger partial charge is 0.444 e. The minimum atomic E-state index is -0.525. The van der Waals surface area contributed by atoms with Crippen molar-refractivity contribution in [3.8, 4) is 6.07 Å². The number of pyridine rings is 2. The lowest BCUT2D eigenvalue weighted by atomic mass is 9.77. The van der Waals surface area contributed by atoms with E-state index in [-0.39, 0.29) is 34.9 Å². The SMILES string of the molecule is C[C@@H](Nc1ccc(C#N)n(C)c1=O)c1cc2cc(Cl)c(C3CC(OCCOCCOCCOCCOCCN(C)C(=O)OC(C)(C)C)C3)cc2[nH]c1=O. The smallest absolute Gasteiger partial charge is 0.410 e. The molecule has 2 N–H and O–H groups in total. The highest BCUT2D eigenvalue weighted by Gasteiger charge is 2.32. The third kappa shape index (κ3) is 12.6. The van der Waals surface area contributed by atoms with Crippen LogP contribution in [0.1, 0.15) is 69.3 Å². The molecule has 0 spiro atoms. The Morgan fingerprint density at radius 2 is 1.60 bits per heavy atom. The Hall–Kier alpha value is -3.97.